The third-order valence-corrected chi connectivity index (χ3v) is 4.16. The van der Waals surface area contributed by atoms with Crippen LogP contribution in [0.1, 0.15) is 32.1 Å². The zero-order valence-corrected chi connectivity index (χ0v) is 12.7. The van der Waals surface area contributed by atoms with E-state index in [1.165, 1.54) is 30.0 Å². The Balaban J connectivity index is 1.89. The van der Waals surface area contributed by atoms with Gasteiger partial charge in [0.1, 0.15) is 6.54 Å². The molecule has 110 valence electrons. The maximum Gasteiger partial charge on any atom is 0.328 e. The molecule has 1 heterocycles. The maximum atomic E-state index is 11.8. The summed E-state index contributed by atoms with van der Waals surface area (Å²) in [7, 11) is 0. The van der Waals surface area contributed by atoms with Gasteiger partial charge < -0.3 is 5.32 Å². The lowest BCUT2D eigenvalue weighted by Crippen LogP contribution is -2.37. The average molecular weight is 344 g/mol. The molecule has 7 heteroatoms. The number of aromatic amines is 1. The van der Waals surface area contributed by atoms with Gasteiger partial charge in [-0.2, -0.15) is 0 Å². The Morgan fingerprint density at radius 1 is 1.35 bits per heavy atom. The van der Waals surface area contributed by atoms with E-state index >= 15 is 0 Å². The Morgan fingerprint density at radius 2 is 2.05 bits per heavy atom. The van der Waals surface area contributed by atoms with Gasteiger partial charge in [-0.15, -0.1) is 0 Å². The predicted octanol–water partition coefficient (Wildman–Crippen LogP) is 0.996. The fourth-order valence-corrected chi connectivity index (χ4v) is 2.81. The molecule has 1 aliphatic rings. The van der Waals surface area contributed by atoms with Crippen molar-refractivity contribution in [2.45, 2.75) is 38.6 Å². The van der Waals surface area contributed by atoms with Gasteiger partial charge in [0.05, 0.1) is 4.47 Å². The van der Waals surface area contributed by atoms with Crippen molar-refractivity contribution in [3.8, 4) is 0 Å². The van der Waals surface area contributed by atoms with E-state index in [0.29, 0.717) is 12.5 Å². The number of hydrogen-bond donors (Lipinski definition) is 2. The van der Waals surface area contributed by atoms with Gasteiger partial charge >= 0.3 is 5.69 Å². The summed E-state index contributed by atoms with van der Waals surface area (Å²) in [5, 5.41) is 2.86. The van der Waals surface area contributed by atoms with Gasteiger partial charge in [-0.3, -0.25) is 19.1 Å². The zero-order valence-electron chi connectivity index (χ0n) is 11.2. The molecule has 0 aromatic carbocycles. The molecule has 1 amide bonds. The first-order valence-corrected chi connectivity index (χ1v) is 7.61. The summed E-state index contributed by atoms with van der Waals surface area (Å²) in [4.78, 5) is 36.7. The third-order valence-electron chi connectivity index (χ3n) is 3.59. The Morgan fingerprint density at radius 3 is 2.75 bits per heavy atom. The number of hydrogen-bond acceptors (Lipinski definition) is 3. The molecular formula is C13H18BrN3O3. The molecule has 1 aliphatic carbocycles. The molecule has 1 aromatic heterocycles. The van der Waals surface area contributed by atoms with Gasteiger partial charge in [0, 0.05) is 12.7 Å². The van der Waals surface area contributed by atoms with E-state index in [-0.39, 0.29) is 16.9 Å². The van der Waals surface area contributed by atoms with E-state index in [4.69, 9.17) is 0 Å². The van der Waals surface area contributed by atoms with Gasteiger partial charge in [-0.1, -0.05) is 19.3 Å². The van der Waals surface area contributed by atoms with Crippen LogP contribution in [0, 0.1) is 5.92 Å². The lowest BCUT2D eigenvalue weighted by atomic mass is 9.89. The van der Waals surface area contributed by atoms with Crippen LogP contribution in [0.5, 0.6) is 0 Å². The Bertz CT molecular complexity index is 587. The summed E-state index contributed by atoms with van der Waals surface area (Å²) in [5.74, 6) is 0.336. The van der Waals surface area contributed by atoms with Crippen molar-refractivity contribution in [3.05, 3.63) is 31.5 Å². The Labute approximate surface area is 124 Å². The molecule has 0 bridgehead atoms. The maximum absolute atomic E-state index is 11.8. The topological polar surface area (TPSA) is 84.0 Å². The van der Waals surface area contributed by atoms with E-state index in [1.54, 1.807) is 0 Å². The number of rotatable bonds is 4. The predicted molar refractivity (Wildman–Crippen MR) is 78.6 cm³/mol. The normalized spacial score (nSPS) is 16.1. The molecule has 0 spiro atoms. The molecule has 0 radical (unpaired) electrons. The second-order valence-corrected chi connectivity index (χ2v) is 6.03. The van der Waals surface area contributed by atoms with Crippen LogP contribution in [0.2, 0.25) is 0 Å². The van der Waals surface area contributed by atoms with E-state index in [0.717, 1.165) is 12.8 Å². The van der Waals surface area contributed by atoms with Crippen LogP contribution in [0.15, 0.2) is 20.3 Å². The van der Waals surface area contributed by atoms with Crippen LogP contribution in [-0.4, -0.2) is 22.0 Å². The lowest BCUT2D eigenvalue weighted by molar-refractivity contribution is -0.122. The minimum Gasteiger partial charge on any atom is -0.354 e. The number of carbonyl (C=O) groups excluding carboxylic acids is 1. The molecule has 2 N–H and O–H groups in total. The smallest absolute Gasteiger partial charge is 0.328 e. The van der Waals surface area contributed by atoms with E-state index in [9.17, 15) is 14.4 Å². The minimum absolute atomic E-state index is 0.0824. The van der Waals surface area contributed by atoms with Gasteiger partial charge in [0.15, 0.2) is 0 Å². The van der Waals surface area contributed by atoms with Crippen molar-refractivity contribution in [3.63, 3.8) is 0 Å². The fraction of sp³-hybridized carbons (Fsp3) is 0.615. The van der Waals surface area contributed by atoms with E-state index in [1.807, 2.05) is 0 Å². The van der Waals surface area contributed by atoms with Crippen LogP contribution >= 0.6 is 15.9 Å². The van der Waals surface area contributed by atoms with Crippen LogP contribution in [0.3, 0.4) is 0 Å². The summed E-state index contributed by atoms with van der Waals surface area (Å²) < 4.78 is 1.42. The molecule has 0 aliphatic heterocycles. The molecule has 0 saturated heterocycles. The quantitative estimate of drug-likeness (QED) is 0.855. The first-order valence-electron chi connectivity index (χ1n) is 6.82. The number of amides is 1. The molecule has 0 atom stereocenters. The Hall–Kier alpha value is -1.37. The molecule has 1 fully saturated rings. The van der Waals surface area contributed by atoms with Crippen molar-refractivity contribution in [1.29, 1.82) is 0 Å². The SMILES string of the molecule is O=C(Cn1cc(Br)c(=O)[nH]c1=O)NCC1CCCCC1. The van der Waals surface area contributed by atoms with Crippen LogP contribution < -0.4 is 16.6 Å². The molecule has 20 heavy (non-hydrogen) atoms. The standard InChI is InChI=1S/C13H18BrN3O3/c14-10-7-17(13(20)16-12(10)19)8-11(18)15-6-9-4-2-1-3-5-9/h7,9H,1-6,8H2,(H,15,18)(H,16,19,20). The second kappa shape index (κ2) is 6.88. The summed E-state index contributed by atoms with van der Waals surface area (Å²) in [6.45, 7) is 0.582. The summed E-state index contributed by atoms with van der Waals surface area (Å²) >= 11 is 3.04. The highest BCUT2D eigenvalue weighted by atomic mass is 79.9. The molecular weight excluding hydrogens is 326 g/mol. The van der Waals surface area contributed by atoms with Crippen molar-refractivity contribution in [2.75, 3.05) is 6.54 Å². The molecule has 6 nitrogen and oxygen atoms in total. The van der Waals surface area contributed by atoms with Gasteiger partial charge in [0.25, 0.3) is 5.56 Å². The van der Waals surface area contributed by atoms with Crippen LogP contribution in [0.25, 0.3) is 0 Å². The summed E-state index contributed by atoms with van der Waals surface area (Å²) in [6, 6.07) is 0. The highest BCUT2D eigenvalue weighted by Gasteiger charge is 2.14. The number of aromatic nitrogens is 2. The molecule has 0 unspecified atom stereocenters. The number of nitrogens with one attached hydrogen (secondary N) is 2. The van der Waals surface area contributed by atoms with Crippen molar-refractivity contribution in [1.82, 2.24) is 14.9 Å². The minimum atomic E-state index is -0.578. The number of carbonyl (C=O) groups is 1. The van der Waals surface area contributed by atoms with Crippen molar-refractivity contribution < 1.29 is 4.79 Å². The monoisotopic (exact) mass is 343 g/mol. The molecule has 1 aromatic rings. The molecule has 2 rings (SSSR count). The van der Waals surface area contributed by atoms with Crippen molar-refractivity contribution in [2.24, 2.45) is 5.92 Å². The summed E-state index contributed by atoms with van der Waals surface area (Å²) in [5.41, 5.74) is -1.07. The van der Waals surface area contributed by atoms with Gasteiger partial charge in [-0.25, -0.2) is 4.79 Å². The fourth-order valence-electron chi connectivity index (χ4n) is 2.46. The average Bonchev–Trinajstić information content (AvgIpc) is 2.44. The van der Waals surface area contributed by atoms with Crippen LogP contribution in [0.4, 0.5) is 0 Å². The lowest BCUT2D eigenvalue weighted by Gasteiger charge is -2.21. The van der Waals surface area contributed by atoms with E-state index < -0.39 is 11.2 Å². The molecule has 1 saturated carbocycles. The first-order chi connectivity index (χ1) is 9.56. The largest absolute Gasteiger partial charge is 0.354 e. The number of H-pyrrole nitrogens is 1. The highest BCUT2D eigenvalue weighted by Crippen LogP contribution is 2.22. The summed E-state index contributed by atoms with van der Waals surface area (Å²) in [6.07, 6.45) is 7.39. The van der Waals surface area contributed by atoms with Crippen LogP contribution in [-0.2, 0) is 11.3 Å². The van der Waals surface area contributed by atoms with E-state index in [2.05, 4.69) is 26.2 Å². The Kier molecular flexibility index (Phi) is 5.17. The third kappa shape index (κ3) is 4.06. The van der Waals surface area contributed by atoms with Crippen molar-refractivity contribution >= 4 is 21.8 Å². The zero-order chi connectivity index (χ0) is 14.5. The number of nitrogens with zero attached hydrogens (tertiary/aromatic N) is 1. The number of halogens is 1. The van der Waals surface area contributed by atoms with Gasteiger partial charge in [0.2, 0.25) is 5.91 Å². The van der Waals surface area contributed by atoms with Gasteiger partial charge in [-0.05, 0) is 34.7 Å². The highest BCUT2D eigenvalue weighted by molar-refractivity contribution is 9.10. The first kappa shape index (κ1) is 15.0. The second-order valence-electron chi connectivity index (χ2n) is 5.17.